The van der Waals surface area contributed by atoms with Gasteiger partial charge in [0.15, 0.2) is 0 Å². The van der Waals surface area contributed by atoms with Crippen molar-refractivity contribution < 1.29 is 4.74 Å². The summed E-state index contributed by atoms with van der Waals surface area (Å²) < 4.78 is 5.53. The molecule has 0 aliphatic carbocycles. The lowest BCUT2D eigenvalue weighted by Crippen LogP contribution is -2.02. The van der Waals surface area contributed by atoms with Crippen molar-refractivity contribution in [2.24, 2.45) is 0 Å². The normalized spacial score (nSPS) is 25.1. The molecule has 0 bridgehead atoms. The molecule has 15 heavy (non-hydrogen) atoms. The van der Waals surface area contributed by atoms with E-state index in [9.17, 15) is 0 Å². The fourth-order valence-electron chi connectivity index (χ4n) is 1.69. The molecule has 0 amide bonds. The Morgan fingerprint density at radius 1 is 1.27 bits per heavy atom. The molecule has 2 atom stereocenters. The van der Waals surface area contributed by atoms with E-state index in [1.165, 1.54) is 0 Å². The molecular weight excluding hydrogens is 233 g/mol. The fraction of sp³-hybridized carbons (Fsp3) is 0.364. The zero-order valence-electron chi connectivity index (χ0n) is 7.91. The molecule has 0 saturated carbocycles. The van der Waals surface area contributed by atoms with E-state index in [2.05, 4.69) is 6.07 Å². The second kappa shape index (κ2) is 4.40. The summed E-state index contributed by atoms with van der Waals surface area (Å²) in [5.41, 5.74) is 0.988. The molecule has 2 rings (SSSR count). The predicted molar refractivity (Wildman–Crippen MR) is 58.9 cm³/mol. The third-order valence-electron chi connectivity index (χ3n) is 2.48. The summed E-state index contributed by atoms with van der Waals surface area (Å²) in [6.45, 7) is 0. The van der Waals surface area contributed by atoms with Crippen molar-refractivity contribution in [3.05, 3.63) is 33.8 Å². The minimum atomic E-state index is -0.288. The number of hydrogen-bond donors (Lipinski definition) is 0. The van der Waals surface area contributed by atoms with Gasteiger partial charge in [-0.2, -0.15) is 5.26 Å². The predicted octanol–water partition coefficient (Wildman–Crippen LogP) is 3.74. The van der Waals surface area contributed by atoms with E-state index in [1.54, 1.807) is 12.1 Å². The number of rotatable bonds is 1. The molecule has 1 saturated heterocycles. The van der Waals surface area contributed by atoms with Crippen molar-refractivity contribution in [3.8, 4) is 6.07 Å². The number of ether oxygens (including phenoxy) is 1. The molecule has 0 spiro atoms. The Bertz CT molecular complexity index is 414. The Morgan fingerprint density at radius 2 is 2.07 bits per heavy atom. The van der Waals surface area contributed by atoms with Gasteiger partial charge in [-0.1, -0.05) is 29.3 Å². The van der Waals surface area contributed by atoms with Crippen LogP contribution in [0.4, 0.5) is 0 Å². The van der Waals surface area contributed by atoms with Gasteiger partial charge in [0.25, 0.3) is 0 Å². The molecule has 0 radical (unpaired) electrons. The summed E-state index contributed by atoms with van der Waals surface area (Å²) in [6.07, 6.45) is 1.33. The van der Waals surface area contributed by atoms with Crippen LogP contribution in [0.1, 0.15) is 24.5 Å². The highest BCUT2D eigenvalue weighted by atomic mass is 35.5. The number of hydrogen-bond acceptors (Lipinski definition) is 2. The Kier molecular flexibility index (Phi) is 3.16. The lowest BCUT2D eigenvalue weighted by atomic mass is 10.1. The Morgan fingerprint density at radius 3 is 2.67 bits per heavy atom. The van der Waals surface area contributed by atoms with Gasteiger partial charge in [0.1, 0.15) is 6.10 Å². The van der Waals surface area contributed by atoms with Crippen LogP contribution in [0, 0.1) is 11.3 Å². The maximum absolute atomic E-state index is 8.71. The van der Waals surface area contributed by atoms with Crippen molar-refractivity contribution in [2.75, 3.05) is 0 Å². The minimum absolute atomic E-state index is 0.0237. The van der Waals surface area contributed by atoms with Crippen LogP contribution in [0.25, 0.3) is 0 Å². The van der Waals surface area contributed by atoms with Gasteiger partial charge in [-0.15, -0.1) is 0 Å². The lowest BCUT2D eigenvalue weighted by Gasteiger charge is -2.11. The highest BCUT2D eigenvalue weighted by molar-refractivity contribution is 6.42. The largest absolute Gasteiger partial charge is 0.355 e. The lowest BCUT2D eigenvalue weighted by molar-refractivity contribution is 0.0750. The monoisotopic (exact) mass is 241 g/mol. The summed E-state index contributed by atoms with van der Waals surface area (Å²) in [6, 6.07) is 7.55. The Balaban J connectivity index is 2.18. The van der Waals surface area contributed by atoms with Gasteiger partial charge in [-0.05, 0) is 30.5 Å². The first-order valence-corrected chi connectivity index (χ1v) is 5.46. The highest BCUT2D eigenvalue weighted by Gasteiger charge is 2.26. The second-order valence-electron chi connectivity index (χ2n) is 3.49. The van der Waals surface area contributed by atoms with E-state index in [4.69, 9.17) is 33.2 Å². The van der Waals surface area contributed by atoms with Crippen LogP contribution in [-0.2, 0) is 4.74 Å². The topological polar surface area (TPSA) is 33.0 Å². The molecule has 1 aromatic carbocycles. The standard InChI is InChI=1S/C11H9Cl2NO/c12-9-3-1-7(5-10(9)13)11-4-2-8(6-14)15-11/h1,3,5,8,11H,2,4H2/t8-,11-/m0/s1. The Labute approximate surface area is 98.4 Å². The van der Waals surface area contributed by atoms with E-state index in [0.29, 0.717) is 10.0 Å². The third kappa shape index (κ3) is 2.26. The van der Waals surface area contributed by atoms with Crippen LogP contribution in [-0.4, -0.2) is 6.10 Å². The van der Waals surface area contributed by atoms with Gasteiger partial charge in [0.2, 0.25) is 0 Å². The van der Waals surface area contributed by atoms with Gasteiger partial charge in [-0.25, -0.2) is 0 Å². The summed E-state index contributed by atoms with van der Waals surface area (Å²) in [4.78, 5) is 0. The van der Waals surface area contributed by atoms with E-state index >= 15 is 0 Å². The van der Waals surface area contributed by atoms with E-state index in [0.717, 1.165) is 18.4 Å². The average molecular weight is 242 g/mol. The van der Waals surface area contributed by atoms with Gasteiger partial charge < -0.3 is 4.74 Å². The molecule has 78 valence electrons. The molecule has 2 nitrogen and oxygen atoms in total. The van der Waals surface area contributed by atoms with Crippen molar-refractivity contribution in [2.45, 2.75) is 25.0 Å². The van der Waals surface area contributed by atoms with Crippen molar-refractivity contribution in [1.29, 1.82) is 5.26 Å². The van der Waals surface area contributed by atoms with Gasteiger partial charge in [-0.3, -0.25) is 0 Å². The smallest absolute Gasteiger partial charge is 0.144 e. The van der Waals surface area contributed by atoms with Crippen LogP contribution in [0.2, 0.25) is 10.0 Å². The summed E-state index contributed by atoms with van der Waals surface area (Å²) in [7, 11) is 0. The van der Waals surface area contributed by atoms with Crippen LogP contribution in [0.3, 0.4) is 0 Å². The number of nitrogens with zero attached hydrogens (tertiary/aromatic N) is 1. The molecule has 1 aliphatic rings. The first kappa shape index (κ1) is 10.8. The molecule has 0 aromatic heterocycles. The summed E-state index contributed by atoms with van der Waals surface area (Å²) in [5.74, 6) is 0. The Hall–Kier alpha value is -0.750. The maximum Gasteiger partial charge on any atom is 0.144 e. The molecule has 1 aliphatic heterocycles. The average Bonchev–Trinajstić information content (AvgIpc) is 2.70. The van der Waals surface area contributed by atoms with Crippen LogP contribution in [0.15, 0.2) is 18.2 Å². The summed E-state index contributed by atoms with van der Waals surface area (Å²) >= 11 is 11.7. The van der Waals surface area contributed by atoms with Gasteiger partial charge in [0.05, 0.1) is 22.2 Å². The zero-order valence-corrected chi connectivity index (χ0v) is 9.42. The molecule has 1 heterocycles. The van der Waals surface area contributed by atoms with Crippen molar-refractivity contribution >= 4 is 23.2 Å². The minimum Gasteiger partial charge on any atom is -0.355 e. The van der Waals surface area contributed by atoms with Crippen molar-refractivity contribution in [1.82, 2.24) is 0 Å². The zero-order chi connectivity index (χ0) is 10.8. The van der Waals surface area contributed by atoms with E-state index in [1.807, 2.05) is 6.07 Å². The SMILES string of the molecule is N#C[C@@H]1CC[C@@H](c2ccc(Cl)c(Cl)c2)O1. The first-order chi connectivity index (χ1) is 7.20. The molecule has 0 N–H and O–H groups in total. The van der Waals surface area contributed by atoms with Crippen molar-refractivity contribution in [3.63, 3.8) is 0 Å². The van der Waals surface area contributed by atoms with Gasteiger partial charge in [0, 0.05) is 0 Å². The number of benzene rings is 1. The molecular formula is C11H9Cl2NO. The van der Waals surface area contributed by atoms with Crippen LogP contribution < -0.4 is 0 Å². The first-order valence-electron chi connectivity index (χ1n) is 4.70. The molecule has 1 fully saturated rings. The molecule has 4 heteroatoms. The number of nitriles is 1. The van der Waals surface area contributed by atoms with Crippen LogP contribution in [0.5, 0.6) is 0 Å². The second-order valence-corrected chi connectivity index (χ2v) is 4.31. The molecule has 0 unspecified atom stereocenters. The van der Waals surface area contributed by atoms with E-state index < -0.39 is 0 Å². The maximum atomic E-state index is 8.71. The third-order valence-corrected chi connectivity index (χ3v) is 3.22. The van der Waals surface area contributed by atoms with Crippen LogP contribution >= 0.6 is 23.2 Å². The highest BCUT2D eigenvalue weighted by Crippen LogP contribution is 2.35. The quantitative estimate of drug-likeness (QED) is 0.751. The summed E-state index contributed by atoms with van der Waals surface area (Å²) in [5, 5.41) is 9.77. The fourth-order valence-corrected chi connectivity index (χ4v) is 2.00. The van der Waals surface area contributed by atoms with Gasteiger partial charge >= 0.3 is 0 Å². The molecule has 1 aromatic rings. The van der Waals surface area contributed by atoms with E-state index in [-0.39, 0.29) is 12.2 Å². The number of halogens is 2.